The number of nitrogen functional groups attached to an aromatic ring is 1. The Morgan fingerprint density at radius 3 is 2.15 bits per heavy atom. The zero-order valence-corrected chi connectivity index (χ0v) is 15.5. The Labute approximate surface area is 152 Å². The van der Waals surface area contributed by atoms with Crippen LogP contribution in [0.25, 0.3) is 6.08 Å². The first kappa shape index (κ1) is 17.9. The highest BCUT2D eigenvalue weighted by Crippen LogP contribution is 2.36. The minimum atomic E-state index is -3.70. The average molecular weight is 376 g/mol. The van der Waals surface area contributed by atoms with E-state index in [9.17, 15) is 8.42 Å². The molecule has 2 aliphatic rings. The van der Waals surface area contributed by atoms with Gasteiger partial charge >= 0.3 is 0 Å². The van der Waals surface area contributed by atoms with Crippen molar-refractivity contribution in [1.82, 2.24) is 0 Å². The van der Waals surface area contributed by atoms with Crippen molar-refractivity contribution < 1.29 is 22.6 Å². The van der Waals surface area contributed by atoms with E-state index >= 15 is 0 Å². The molecule has 2 heterocycles. The molecule has 2 N–H and O–H groups in total. The summed E-state index contributed by atoms with van der Waals surface area (Å²) in [5.41, 5.74) is 8.27. The Kier molecular flexibility index (Phi) is 4.69. The SMILES string of the molecule is COc1cc(OC)c(/C=C/S(=O)(=O)N2Cc3ccc2cc3N)c(OC)c1. The highest BCUT2D eigenvalue weighted by molar-refractivity contribution is 7.95. The quantitative estimate of drug-likeness (QED) is 0.780. The van der Waals surface area contributed by atoms with Crippen LogP contribution in [0.4, 0.5) is 11.4 Å². The van der Waals surface area contributed by atoms with Crippen LogP contribution in [0.15, 0.2) is 35.7 Å². The number of benzene rings is 2. The zero-order valence-electron chi connectivity index (χ0n) is 14.7. The van der Waals surface area contributed by atoms with E-state index in [1.807, 2.05) is 6.07 Å². The summed E-state index contributed by atoms with van der Waals surface area (Å²) in [5.74, 6) is 1.43. The van der Waals surface area contributed by atoms with Gasteiger partial charge in [0, 0.05) is 17.8 Å². The Hall–Kier alpha value is -2.87. The molecule has 0 atom stereocenters. The molecule has 0 aliphatic carbocycles. The van der Waals surface area contributed by atoms with Gasteiger partial charge in [0.1, 0.15) is 17.2 Å². The summed E-state index contributed by atoms with van der Waals surface area (Å²) in [6.45, 7) is 0.220. The number of nitrogens with two attached hydrogens (primary N) is 1. The van der Waals surface area contributed by atoms with Gasteiger partial charge in [-0.2, -0.15) is 0 Å². The van der Waals surface area contributed by atoms with Crippen LogP contribution in [0.3, 0.4) is 0 Å². The van der Waals surface area contributed by atoms with Gasteiger partial charge in [-0.3, -0.25) is 4.31 Å². The van der Waals surface area contributed by atoms with E-state index in [0.717, 1.165) is 11.0 Å². The molecule has 26 heavy (non-hydrogen) atoms. The van der Waals surface area contributed by atoms with E-state index in [-0.39, 0.29) is 6.54 Å². The predicted octanol–water partition coefficient (Wildman–Crippen LogP) is 2.62. The number of sulfonamides is 1. The maximum absolute atomic E-state index is 12.8. The van der Waals surface area contributed by atoms with Crippen LogP contribution in [-0.2, 0) is 16.6 Å². The molecule has 8 heteroatoms. The van der Waals surface area contributed by atoms with E-state index in [0.29, 0.717) is 34.2 Å². The Morgan fingerprint density at radius 2 is 1.69 bits per heavy atom. The van der Waals surface area contributed by atoms with Gasteiger partial charge in [0.15, 0.2) is 0 Å². The molecule has 2 aromatic carbocycles. The van der Waals surface area contributed by atoms with Crippen molar-refractivity contribution in [3.63, 3.8) is 0 Å². The molecular weight excluding hydrogens is 356 g/mol. The first-order chi connectivity index (χ1) is 12.4. The second-order valence-electron chi connectivity index (χ2n) is 5.68. The van der Waals surface area contributed by atoms with Crippen molar-refractivity contribution in [1.29, 1.82) is 0 Å². The molecule has 4 rings (SSSR count). The lowest BCUT2D eigenvalue weighted by molar-refractivity contribution is 0.374. The molecule has 0 fully saturated rings. The third-order valence-electron chi connectivity index (χ3n) is 4.20. The molecule has 0 aromatic heterocycles. The normalized spacial score (nSPS) is 13.3. The van der Waals surface area contributed by atoms with Gasteiger partial charge in [-0.05, 0) is 23.8 Å². The number of hydrogen-bond acceptors (Lipinski definition) is 6. The molecule has 7 nitrogen and oxygen atoms in total. The fourth-order valence-corrected chi connectivity index (χ4v) is 3.97. The maximum atomic E-state index is 12.8. The first-order valence-electron chi connectivity index (χ1n) is 7.79. The lowest BCUT2D eigenvalue weighted by atomic mass is 10.1. The lowest BCUT2D eigenvalue weighted by Crippen LogP contribution is -2.31. The van der Waals surface area contributed by atoms with Gasteiger partial charge in [0.2, 0.25) is 0 Å². The summed E-state index contributed by atoms with van der Waals surface area (Å²) in [5, 5.41) is 1.13. The molecule has 0 saturated heterocycles. The topological polar surface area (TPSA) is 91.1 Å². The third-order valence-corrected chi connectivity index (χ3v) is 5.63. The predicted molar refractivity (Wildman–Crippen MR) is 101 cm³/mol. The maximum Gasteiger partial charge on any atom is 0.257 e. The molecule has 0 radical (unpaired) electrons. The Bertz CT molecular complexity index is 945. The second-order valence-corrected chi connectivity index (χ2v) is 7.43. The Balaban J connectivity index is 1.97. The van der Waals surface area contributed by atoms with Crippen LogP contribution in [0.2, 0.25) is 0 Å². The van der Waals surface area contributed by atoms with Crippen molar-refractivity contribution in [2.45, 2.75) is 6.54 Å². The summed E-state index contributed by atoms with van der Waals surface area (Å²) in [4.78, 5) is 0. The van der Waals surface area contributed by atoms with Crippen molar-refractivity contribution in [2.75, 3.05) is 31.4 Å². The summed E-state index contributed by atoms with van der Waals surface area (Å²) < 4.78 is 42.7. The van der Waals surface area contributed by atoms with E-state index in [2.05, 4.69) is 0 Å². The highest BCUT2D eigenvalue weighted by atomic mass is 32.2. The number of nitrogens with zero attached hydrogens (tertiary/aromatic N) is 1. The minimum absolute atomic E-state index is 0.220. The standard InChI is InChI=1S/C18H20N2O5S/c1-23-14-9-17(24-2)15(18(10-14)25-3)6-7-26(21,22)20-11-12-4-5-13(20)8-16(12)19/h4-10H,11,19H2,1-3H3/b7-6+. The van der Waals surface area contributed by atoms with Crippen LogP contribution in [0, 0.1) is 0 Å². The van der Waals surface area contributed by atoms with Crippen LogP contribution < -0.4 is 24.2 Å². The average Bonchev–Trinajstić information content (AvgIpc) is 2.65. The van der Waals surface area contributed by atoms with E-state index in [1.54, 1.807) is 24.3 Å². The zero-order chi connectivity index (χ0) is 18.9. The van der Waals surface area contributed by atoms with Gasteiger partial charge in [-0.25, -0.2) is 8.42 Å². The Morgan fingerprint density at radius 1 is 1.04 bits per heavy atom. The van der Waals surface area contributed by atoms with Gasteiger partial charge in [-0.1, -0.05) is 6.07 Å². The van der Waals surface area contributed by atoms with E-state index in [1.165, 1.54) is 31.7 Å². The molecule has 0 spiro atoms. The van der Waals surface area contributed by atoms with Crippen LogP contribution in [0.5, 0.6) is 17.2 Å². The molecule has 2 bridgehead atoms. The molecule has 2 aromatic rings. The van der Waals surface area contributed by atoms with Crippen LogP contribution >= 0.6 is 0 Å². The molecule has 0 unspecified atom stereocenters. The lowest BCUT2D eigenvalue weighted by Gasteiger charge is -2.28. The second kappa shape index (κ2) is 6.80. The van der Waals surface area contributed by atoms with Gasteiger partial charge < -0.3 is 19.9 Å². The number of methoxy groups -OCH3 is 3. The minimum Gasteiger partial charge on any atom is -0.496 e. The highest BCUT2D eigenvalue weighted by Gasteiger charge is 2.26. The van der Waals surface area contributed by atoms with Crippen molar-refractivity contribution in [2.24, 2.45) is 0 Å². The van der Waals surface area contributed by atoms with Gasteiger partial charge in [-0.15, -0.1) is 0 Å². The summed E-state index contributed by atoms with van der Waals surface area (Å²) in [7, 11) is 0.818. The fourth-order valence-electron chi connectivity index (χ4n) is 2.79. The number of rotatable bonds is 6. The smallest absolute Gasteiger partial charge is 0.257 e. The van der Waals surface area contributed by atoms with Crippen molar-refractivity contribution >= 4 is 27.5 Å². The summed E-state index contributed by atoms with van der Waals surface area (Å²) in [6, 6.07) is 8.53. The monoisotopic (exact) mass is 376 g/mol. The number of anilines is 2. The molecule has 138 valence electrons. The number of hydrogen-bond donors (Lipinski definition) is 1. The van der Waals surface area contributed by atoms with Crippen molar-refractivity contribution in [3.8, 4) is 17.2 Å². The first-order valence-corrected chi connectivity index (χ1v) is 9.29. The van der Waals surface area contributed by atoms with Gasteiger partial charge in [0.05, 0.1) is 44.5 Å². The summed E-state index contributed by atoms with van der Waals surface area (Å²) >= 11 is 0. The van der Waals surface area contributed by atoms with Crippen LogP contribution in [-0.4, -0.2) is 29.7 Å². The number of fused-ring (bicyclic) bond motifs is 3. The molecule has 2 aliphatic heterocycles. The van der Waals surface area contributed by atoms with Crippen molar-refractivity contribution in [3.05, 3.63) is 46.9 Å². The third kappa shape index (κ3) is 3.15. The molecular formula is C18H20N2O5S. The van der Waals surface area contributed by atoms with Crippen LogP contribution in [0.1, 0.15) is 11.1 Å². The molecule has 0 saturated carbocycles. The summed E-state index contributed by atoms with van der Waals surface area (Å²) in [6.07, 6.45) is 1.46. The fraction of sp³-hybridized carbons (Fsp3) is 0.222. The molecule has 0 amide bonds. The number of ether oxygens (including phenoxy) is 3. The largest absolute Gasteiger partial charge is 0.496 e. The van der Waals surface area contributed by atoms with E-state index in [4.69, 9.17) is 19.9 Å². The van der Waals surface area contributed by atoms with Gasteiger partial charge in [0.25, 0.3) is 10.0 Å². The van der Waals surface area contributed by atoms with E-state index < -0.39 is 10.0 Å².